The van der Waals surface area contributed by atoms with Crippen LogP contribution in [0.2, 0.25) is 0 Å². The van der Waals surface area contributed by atoms with Crippen LogP contribution in [0.4, 0.5) is 0 Å². The molecule has 0 saturated carbocycles. The first-order valence-corrected chi connectivity index (χ1v) is 11.2. The SMILES string of the molecule is C#CCOc1cc(CC)nc(-c2cccc(CCCO/N=C(\C)c3cccc(C)n3)n2)c1C. The summed E-state index contributed by atoms with van der Waals surface area (Å²) in [5, 5.41) is 4.19. The van der Waals surface area contributed by atoms with Gasteiger partial charge in [0.05, 0.1) is 17.1 Å². The van der Waals surface area contributed by atoms with Crippen molar-refractivity contribution in [3.8, 4) is 29.5 Å². The first-order valence-electron chi connectivity index (χ1n) is 11.2. The van der Waals surface area contributed by atoms with E-state index in [1.165, 1.54) is 0 Å². The average Bonchev–Trinajstić information content (AvgIpc) is 2.83. The van der Waals surface area contributed by atoms with Crippen LogP contribution in [0.25, 0.3) is 11.4 Å². The van der Waals surface area contributed by atoms with Gasteiger partial charge in [-0.1, -0.05) is 30.1 Å². The van der Waals surface area contributed by atoms with Crippen LogP contribution >= 0.6 is 0 Å². The Hall–Kier alpha value is -3.72. The van der Waals surface area contributed by atoms with Gasteiger partial charge in [0, 0.05) is 28.7 Å². The molecule has 0 bridgehead atoms. The Labute approximate surface area is 196 Å². The lowest BCUT2D eigenvalue weighted by Crippen LogP contribution is -2.04. The Bertz CT molecular complexity index is 1170. The summed E-state index contributed by atoms with van der Waals surface area (Å²) in [5.74, 6) is 3.27. The van der Waals surface area contributed by atoms with Crippen molar-refractivity contribution in [2.24, 2.45) is 5.16 Å². The summed E-state index contributed by atoms with van der Waals surface area (Å²) in [5.41, 5.74) is 7.05. The number of ether oxygens (including phenoxy) is 1. The number of aryl methyl sites for hydroxylation is 3. The summed E-state index contributed by atoms with van der Waals surface area (Å²) < 4.78 is 5.73. The van der Waals surface area contributed by atoms with Gasteiger partial charge >= 0.3 is 0 Å². The monoisotopic (exact) mass is 442 g/mol. The third-order valence-corrected chi connectivity index (χ3v) is 5.13. The van der Waals surface area contributed by atoms with E-state index < -0.39 is 0 Å². The molecule has 0 saturated heterocycles. The van der Waals surface area contributed by atoms with E-state index in [4.69, 9.17) is 26.0 Å². The number of rotatable bonds is 10. The number of oxime groups is 1. The molecule has 3 aromatic rings. The van der Waals surface area contributed by atoms with Crippen LogP contribution in [-0.4, -0.2) is 33.9 Å². The second kappa shape index (κ2) is 11.8. The Morgan fingerprint density at radius 2 is 1.88 bits per heavy atom. The molecule has 3 aromatic heterocycles. The number of terminal acetylenes is 1. The highest BCUT2D eigenvalue weighted by atomic mass is 16.6. The van der Waals surface area contributed by atoms with Gasteiger partial charge in [-0.3, -0.25) is 15.0 Å². The summed E-state index contributed by atoms with van der Waals surface area (Å²) in [6.07, 6.45) is 7.74. The van der Waals surface area contributed by atoms with Crippen LogP contribution in [-0.2, 0) is 17.7 Å². The maximum Gasteiger partial charge on any atom is 0.148 e. The first kappa shape index (κ1) is 23.9. The minimum absolute atomic E-state index is 0.225. The fourth-order valence-electron chi connectivity index (χ4n) is 3.34. The van der Waals surface area contributed by atoms with Crippen molar-refractivity contribution >= 4 is 5.71 Å². The number of pyridine rings is 3. The van der Waals surface area contributed by atoms with Crippen LogP contribution in [0, 0.1) is 26.2 Å². The van der Waals surface area contributed by atoms with Gasteiger partial charge in [0.2, 0.25) is 0 Å². The highest BCUT2D eigenvalue weighted by Gasteiger charge is 2.13. The van der Waals surface area contributed by atoms with Crippen molar-refractivity contribution in [3.05, 3.63) is 70.8 Å². The van der Waals surface area contributed by atoms with Crippen LogP contribution < -0.4 is 4.74 Å². The molecule has 0 unspecified atom stereocenters. The summed E-state index contributed by atoms with van der Waals surface area (Å²) >= 11 is 0. The van der Waals surface area contributed by atoms with Gasteiger partial charge < -0.3 is 9.57 Å². The van der Waals surface area contributed by atoms with Gasteiger partial charge in [0.15, 0.2) is 0 Å². The Kier molecular flexibility index (Phi) is 8.54. The van der Waals surface area contributed by atoms with Crippen molar-refractivity contribution in [1.82, 2.24) is 15.0 Å². The summed E-state index contributed by atoms with van der Waals surface area (Å²) in [6, 6.07) is 13.8. The number of aromatic nitrogens is 3. The van der Waals surface area contributed by atoms with E-state index in [1.807, 2.05) is 63.2 Å². The maximum absolute atomic E-state index is 5.73. The van der Waals surface area contributed by atoms with Gasteiger partial charge in [-0.2, -0.15) is 0 Å². The molecule has 0 aliphatic carbocycles. The van der Waals surface area contributed by atoms with Crippen LogP contribution in [0.15, 0.2) is 47.6 Å². The Morgan fingerprint density at radius 1 is 1.06 bits per heavy atom. The number of hydrogen-bond donors (Lipinski definition) is 0. The van der Waals surface area contributed by atoms with Gasteiger partial charge in [-0.15, -0.1) is 6.42 Å². The molecular weight excluding hydrogens is 412 g/mol. The third kappa shape index (κ3) is 6.63. The van der Waals surface area contributed by atoms with Crippen molar-refractivity contribution in [2.75, 3.05) is 13.2 Å². The first-order chi connectivity index (χ1) is 16.0. The van der Waals surface area contributed by atoms with Gasteiger partial charge in [0.25, 0.3) is 0 Å². The molecule has 33 heavy (non-hydrogen) atoms. The number of hydrogen-bond acceptors (Lipinski definition) is 6. The zero-order valence-electron chi connectivity index (χ0n) is 19.8. The fraction of sp³-hybridized carbons (Fsp3) is 0.333. The standard InChI is InChI=1S/C27H30N4O2/c1-6-16-32-26-18-22(7-2)30-27(20(26)4)25-15-9-12-23(29-25)13-10-17-33-31-21(5)24-14-8-11-19(3)28-24/h1,8-9,11-12,14-15,18H,7,10,13,16-17H2,2-5H3/b31-21+. The van der Waals surface area contributed by atoms with Crippen LogP contribution in [0.3, 0.4) is 0 Å². The Morgan fingerprint density at radius 3 is 2.64 bits per heavy atom. The molecule has 6 nitrogen and oxygen atoms in total. The molecule has 0 N–H and O–H groups in total. The van der Waals surface area contributed by atoms with E-state index in [2.05, 4.69) is 23.0 Å². The highest BCUT2D eigenvalue weighted by Crippen LogP contribution is 2.29. The molecule has 170 valence electrons. The van der Waals surface area contributed by atoms with Crippen LogP contribution in [0.5, 0.6) is 5.75 Å². The minimum Gasteiger partial charge on any atom is -0.481 e. The lowest BCUT2D eigenvalue weighted by molar-refractivity contribution is 0.141. The molecule has 0 spiro atoms. The van der Waals surface area contributed by atoms with Gasteiger partial charge in [-0.25, -0.2) is 0 Å². The van der Waals surface area contributed by atoms with E-state index in [9.17, 15) is 0 Å². The average molecular weight is 443 g/mol. The summed E-state index contributed by atoms with van der Waals surface area (Å²) in [7, 11) is 0. The third-order valence-electron chi connectivity index (χ3n) is 5.13. The molecule has 0 atom stereocenters. The van der Waals surface area contributed by atoms with E-state index in [-0.39, 0.29) is 6.61 Å². The molecule has 6 heteroatoms. The second-order valence-corrected chi connectivity index (χ2v) is 7.72. The van der Waals surface area contributed by atoms with E-state index >= 15 is 0 Å². The predicted molar refractivity (Wildman–Crippen MR) is 131 cm³/mol. The molecule has 0 aromatic carbocycles. The maximum atomic E-state index is 5.73. The van der Waals surface area contributed by atoms with Gasteiger partial charge in [0.1, 0.15) is 24.7 Å². The van der Waals surface area contributed by atoms with Crippen molar-refractivity contribution in [1.29, 1.82) is 0 Å². The largest absolute Gasteiger partial charge is 0.481 e. The molecule has 3 heterocycles. The second-order valence-electron chi connectivity index (χ2n) is 7.72. The van der Waals surface area contributed by atoms with E-state index in [0.29, 0.717) is 6.61 Å². The topological polar surface area (TPSA) is 69.5 Å². The van der Waals surface area contributed by atoms with Crippen molar-refractivity contribution < 1.29 is 9.57 Å². The zero-order chi connectivity index (χ0) is 23.6. The molecular formula is C27H30N4O2. The minimum atomic E-state index is 0.225. The molecule has 0 radical (unpaired) electrons. The quantitative estimate of drug-likeness (QED) is 0.189. The molecule has 0 amide bonds. The molecule has 3 rings (SSSR count). The molecule has 0 fully saturated rings. The summed E-state index contributed by atoms with van der Waals surface area (Å²) in [6.45, 7) is 8.63. The van der Waals surface area contributed by atoms with Crippen molar-refractivity contribution in [2.45, 2.75) is 47.0 Å². The van der Waals surface area contributed by atoms with Crippen molar-refractivity contribution in [3.63, 3.8) is 0 Å². The summed E-state index contributed by atoms with van der Waals surface area (Å²) in [4.78, 5) is 19.6. The van der Waals surface area contributed by atoms with E-state index in [1.54, 1.807) is 0 Å². The van der Waals surface area contributed by atoms with Gasteiger partial charge in [-0.05, 0) is 64.3 Å². The predicted octanol–water partition coefficient (Wildman–Crippen LogP) is 5.10. The lowest BCUT2D eigenvalue weighted by Gasteiger charge is -2.13. The zero-order valence-corrected chi connectivity index (χ0v) is 19.8. The smallest absolute Gasteiger partial charge is 0.148 e. The Balaban J connectivity index is 1.64. The normalized spacial score (nSPS) is 11.2. The van der Waals surface area contributed by atoms with E-state index in [0.717, 1.165) is 70.5 Å². The molecule has 0 aliphatic rings. The lowest BCUT2D eigenvalue weighted by atomic mass is 10.1. The fourth-order valence-corrected chi connectivity index (χ4v) is 3.34. The number of nitrogens with zero attached hydrogens (tertiary/aromatic N) is 4. The highest BCUT2D eigenvalue weighted by molar-refractivity contribution is 5.96. The molecule has 0 aliphatic heterocycles. The van der Waals surface area contributed by atoms with Crippen LogP contribution in [0.1, 0.15) is 48.6 Å².